The topological polar surface area (TPSA) is 62.9 Å². The predicted octanol–water partition coefficient (Wildman–Crippen LogP) is 3.83. The zero-order chi connectivity index (χ0) is 17.8. The van der Waals surface area contributed by atoms with Crippen molar-refractivity contribution in [2.24, 2.45) is 7.05 Å². The minimum absolute atomic E-state index is 0.192. The number of fused-ring (bicyclic) bond motifs is 1. The molecule has 0 spiro atoms. The van der Waals surface area contributed by atoms with E-state index in [0.29, 0.717) is 16.3 Å². The van der Waals surface area contributed by atoms with Crippen LogP contribution >= 0.6 is 11.6 Å². The number of aryl methyl sites for hydroxylation is 1. The first-order valence-electron chi connectivity index (χ1n) is 8.05. The Morgan fingerprint density at radius 2 is 2.16 bits per heavy atom. The SMILES string of the molecule is CNCCC(Oc1cc(Cl)ccc1C#N)c1ccc2c(cnn2C)c1. The molecule has 0 fully saturated rings. The van der Waals surface area contributed by atoms with Crippen molar-refractivity contribution >= 4 is 22.5 Å². The number of ether oxygens (including phenoxy) is 1. The third-order valence-electron chi connectivity index (χ3n) is 4.13. The second-order valence-electron chi connectivity index (χ2n) is 5.84. The lowest BCUT2D eigenvalue weighted by Crippen LogP contribution is -2.16. The van der Waals surface area contributed by atoms with Crippen LogP contribution in [-0.4, -0.2) is 23.4 Å². The van der Waals surface area contributed by atoms with Crippen LogP contribution in [-0.2, 0) is 7.05 Å². The van der Waals surface area contributed by atoms with Gasteiger partial charge in [0.15, 0.2) is 0 Å². The van der Waals surface area contributed by atoms with Crippen LogP contribution in [0.15, 0.2) is 42.6 Å². The molecule has 1 atom stereocenters. The fraction of sp³-hybridized carbons (Fsp3) is 0.263. The van der Waals surface area contributed by atoms with E-state index in [1.54, 1.807) is 18.2 Å². The highest BCUT2D eigenvalue weighted by molar-refractivity contribution is 6.30. The summed E-state index contributed by atoms with van der Waals surface area (Å²) < 4.78 is 8.03. The number of halogens is 1. The standard InChI is InChI=1S/C19H19ClN4O/c1-22-8-7-18(25-19-10-16(20)5-3-14(19)11-21)13-4-6-17-15(9-13)12-23-24(17)2/h3-6,9-10,12,18,22H,7-8H2,1-2H3. The van der Waals surface area contributed by atoms with E-state index in [9.17, 15) is 5.26 Å². The second kappa shape index (κ2) is 7.56. The Kier molecular flexibility index (Phi) is 5.22. The molecular weight excluding hydrogens is 336 g/mol. The lowest BCUT2D eigenvalue weighted by atomic mass is 10.0. The first-order chi connectivity index (χ1) is 12.1. The number of nitriles is 1. The molecule has 3 aromatic rings. The fourth-order valence-corrected chi connectivity index (χ4v) is 2.95. The number of hydrogen-bond acceptors (Lipinski definition) is 4. The van der Waals surface area contributed by atoms with Crippen LogP contribution in [0.1, 0.15) is 23.7 Å². The predicted molar refractivity (Wildman–Crippen MR) is 98.8 cm³/mol. The highest BCUT2D eigenvalue weighted by atomic mass is 35.5. The molecular formula is C19H19ClN4O. The van der Waals surface area contributed by atoms with Gasteiger partial charge in [-0.15, -0.1) is 0 Å². The second-order valence-corrected chi connectivity index (χ2v) is 6.27. The first kappa shape index (κ1) is 17.3. The van der Waals surface area contributed by atoms with Gasteiger partial charge in [0.05, 0.1) is 17.3 Å². The molecule has 1 heterocycles. The third-order valence-corrected chi connectivity index (χ3v) is 4.37. The molecule has 0 bridgehead atoms. The highest BCUT2D eigenvalue weighted by Gasteiger charge is 2.17. The molecule has 5 nitrogen and oxygen atoms in total. The summed E-state index contributed by atoms with van der Waals surface area (Å²) in [5, 5.41) is 18.4. The van der Waals surface area contributed by atoms with E-state index in [0.717, 1.165) is 29.4 Å². The molecule has 2 aromatic carbocycles. The van der Waals surface area contributed by atoms with Crippen molar-refractivity contribution < 1.29 is 4.74 Å². The minimum Gasteiger partial charge on any atom is -0.484 e. The van der Waals surface area contributed by atoms with Gasteiger partial charge in [-0.05, 0) is 43.4 Å². The Morgan fingerprint density at radius 1 is 1.32 bits per heavy atom. The van der Waals surface area contributed by atoms with Crippen molar-refractivity contribution in [3.8, 4) is 11.8 Å². The van der Waals surface area contributed by atoms with E-state index in [-0.39, 0.29) is 6.10 Å². The van der Waals surface area contributed by atoms with Crippen molar-refractivity contribution in [3.05, 3.63) is 58.7 Å². The van der Waals surface area contributed by atoms with Gasteiger partial charge in [0, 0.05) is 29.9 Å². The van der Waals surface area contributed by atoms with Gasteiger partial charge in [0.25, 0.3) is 0 Å². The van der Waals surface area contributed by atoms with Gasteiger partial charge in [-0.2, -0.15) is 10.4 Å². The van der Waals surface area contributed by atoms with E-state index in [4.69, 9.17) is 16.3 Å². The molecule has 0 amide bonds. The van der Waals surface area contributed by atoms with E-state index < -0.39 is 0 Å². The van der Waals surface area contributed by atoms with Crippen molar-refractivity contribution in [1.29, 1.82) is 5.26 Å². The average Bonchev–Trinajstić information content (AvgIpc) is 2.99. The zero-order valence-electron chi connectivity index (χ0n) is 14.2. The lowest BCUT2D eigenvalue weighted by Gasteiger charge is -2.20. The van der Waals surface area contributed by atoms with Gasteiger partial charge in [-0.3, -0.25) is 4.68 Å². The van der Waals surface area contributed by atoms with Crippen LogP contribution in [0.5, 0.6) is 5.75 Å². The van der Waals surface area contributed by atoms with Gasteiger partial charge in [0.2, 0.25) is 0 Å². The number of aromatic nitrogens is 2. The monoisotopic (exact) mass is 354 g/mol. The average molecular weight is 355 g/mol. The number of hydrogen-bond donors (Lipinski definition) is 1. The third kappa shape index (κ3) is 3.76. The molecule has 0 aliphatic heterocycles. The van der Waals surface area contributed by atoms with Crippen molar-refractivity contribution in [2.45, 2.75) is 12.5 Å². The van der Waals surface area contributed by atoms with E-state index in [2.05, 4.69) is 22.6 Å². The summed E-state index contributed by atoms with van der Waals surface area (Å²) in [7, 11) is 3.82. The summed E-state index contributed by atoms with van der Waals surface area (Å²) in [5.41, 5.74) is 2.58. The maximum atomic E-state index is 9.32. The Balaban J connectivity index is 1.96. The molecule has 1 unspecified atom stereocenters. The normalized spacial score (nSPS) is 12.1. The molecule has 0 radical (unpaired) electrons. The minimum atomic E-state index is -0.192. The fourth-order valence-electron chi connectivity index (χ4n) is 2.79. The van der Waals surface area contributed by atoms with Crippen molar-refractivity contribution in [1.82, 2.24) is 15.1 Å². The Morgan fingerprint density at radius 3 is 2.92 bits per heavy atom. The van der Waals surface area contributed by atoms with Crippen LogP contribution in [0.3, 0.4) is 0 Å². The van der Waals surface area contributed by atoms with Crippen LogP contribution in [0.2, 0.25) is 5.02 Å². The molecule has 1 aromatic heterocycles. The van der Waals surface area contributed by atoms with E-state index in [1.165, 1.54) is 0 Å². The summed E-state index contributed by atoms with van der Waals surface area (Å²) in [5.74, 6) is 0.502. The van der Waals surface area contributed by atoms with E-state index >= 15 is 0 Å². The van der Waals surface area contributed by atoms with Gasteiger partial charge >= 0.3 is 0 Å². The number of rotatable bonds is 6. The molecule has 0 aliphatic carbocycles. The summed E-state index contributed by atoms with van der Waals surface area (Å²) in [6, 6.07) is 13.4. The van der Waals surface area contributed by atoms with Gasteiger partial charge < -0.3 is 10.1 Å². The summed E-state index contributed by atoms with van der Waals surface area (Å²) in [6.45, 7) is 0.790. The molecule has 0 saturated carbocycles. The summed E-state index contributed by atoms with van der Waals surface area (Å²) in [6.07, 6.45) is 2.41. The quantitative estimate of drug-likeness (QED) is 0.730. The highest BCUT2D eigenvalue weighted by Crippen LogP contribution is 2.31. The smallest absolute Gasteiger partial charge is 0.139 e. The molecule has 25 heavy (non-hydrogen) atoms. The van der Waals surface area contributed by atoms with Crippen LogP contribution in [0.25, 0.3) is 10.9 Å². The number of nitrogens with one attached hydrogen (secondary N) is 1. The Hall–Kier alpha value is -2.55. The number of benzene rings is 2. The maximum Gasteiger partial charge on any atom is 0.139 e. The van der Waals surface area contributed by atoms with E-state index in [1.807, 2.05) is 37.1 Å². The zero-order valence-corrected chi connectivity index (χ0v) is 14.9. The summed E-state index contributed by atoms with van der Waals surface area (Å²) in [4.78, 5) is 0. The van der Waals surface area contributed by atoms with Gasteiger partial charge in [-0.1, -0.05) is 17.7 Å². The Labute approximate surface area is 151 Å². The van der Waals surface area contributed by atoms with Crippen molar-refractivity contribution in [2.75, 3.05) is 13.6 Å². The van der Waals surface area contributed by atoms with Crippen LogP contribution < -0.4 is 10.1 Å². The molecule has 0 saturated heterocycles. The van der Waals surface area contributed by atoms with Gasteiger partial charge in [0.1, 0.15) is 17.9 Å². The molecule has 128 valence electrons. The molecule has 1 N–H and O–H groups in total. The molecule has 0 aliphatic rings. The van der Waals surface area contributed by atoms with Gasteiger partial charge in [-0.25, -0.2) is 0 Å². The summed E-state index contributed by atoms with van der Waals surface area (Å²) >= 11 is 6.08. The molecule has 6 heteroatoms. The maximum absolute atomic E-state index is 9.32. The first-order valence-corrected chi connectivity index (χ1v) is 8.42. The lowest BCUT2D eigenvalue weighted by molar-refractivity contribution is 0.194. The van der Waals surface area contributed by atoms with Crippen molar-refractivity contribution in [3.63, 3.8) is 0 Å². The Bertz CT molecular complexity index is 929. The number of nitrogens with zero attached hydrogens (tertiary/aromatic N) is 3. The largest absolute Gasteiger partial charge is 0.484 e. The molecule has 3 rings (SSSR count). The van der Waals surface area contributed by atoms with Crippen LogP contribution in [0.4, 0.5) is 0 Å². The van der Waals surface area contributed by atoms with Crippen LogP contribution in [0, 0.1) is 11.3 Å².